The van der Waals surface area contributed by atoms with Gasteiger partial charge in [-0.25, -0.2) is 0 Å². The normalized spacial score (nSPS) is 43.0. The van der Waals surface area contributed by atoms with Crippen LogP contribution >= 0.6 is 12.2 Å². The van der Waals surface area contributed by atoms with E-state index in [2.05, 4.69) is 17.6 Å². The Bertz CT molecular complexity index is 378. The molecule has 5 saturated carbocycles. The van der Waals surface area contributed by atoms with Crippen LogP contribution in [0.2, 0.25) is 0 Å². The van der Waals surface area contributed by atoms with Crippen LogP contribution in [0.25, 0.3) is 0 Å². The molecule has 4 bridgehead atoms. The fraction of sp³-hybridized carbons (Fsp3) is 0.944. The summed E-state index contributed by atoms with van der Waals surface area (Å²) in [5.41, 5.74) is 0.552. The molecule has 0 heterocycles. The predicted octanol–water partition coefficient (Wildman–Crippen LogP) is 4.00. The van der Waals surface area contributed by atoms with Crippen molar-refractivity contribution in [1.82, 2.24) is 10.6 Å². The van der Waals surface area contributed by atoms with Gasteiger partial charge in [0.2, 0.25) is 0 Å². The molecule has 0 aromatic heterocycles. The van der Waals surface area contributed by atoms with Gasteiger partial charge in [-0.3, -0.25) is 0 Å². The summed E-state index contributed by atoms with van der Waals surface area (Å²) in [7, 11) is 0. The Kier molecular flexibility index (Phi) is 3.68. The summed E-state index contributed by atoms with van der Waals surface area (Å²) in [5, 5.41) is 8.17. The minimum atomic E-state index is 0.548. The summed E-state index contributed by atoms with van der Waals surface area (Å²) in [5.74, 6) is 3.07. The topological polar surface area (TPSA) is 24.1 Å². The molecule has 5 fully saturated rings. The summed E-state index contributed by atoms with van der Waals surface area (Å²) in [6.45, 7) is 2.40. The molecule has 5 rings (SSSR count). The molecule has 21 heavy (non-hydrogen) atoms. The average Bonchev–Trinajstić information content (AvgIpc) is 2.89. The monoisotopic (exact) mass is 306 g/mol. The molecule has 0 aromatic rings. The van der Waals surface area contributed by atoms with Crippen molar-refractivity contribution in [2.75, 3.05) is 0 Å². The lowest BCUT2D eigenvalue weighted by Crippen LogP contribution is -2.57. The van der Waals surface area contributed by atoms with E-state index < -0.39 is 0 Å². The molecular formula is C18H30N2S. The molecule has 1 atom stereocenters. The van der Waals surface area contributed by atoms with Crippen molar-refractivity contribution in [2.45, 2.75) is 83.2 Å². The highest BCUT2D eigenvalue weighted by atomic mass is 32.1. The zero-order chi connectivity index (χ0) is 14.4. The molecule has 5 aliphatic rings. The second-order valence-electron chi connectivity index (χ2n) is 8.60. The fourth-order valence-corrected chi connectivity index (χ4v) is 6.70. The quantitative estimate of drug-likeness (QED) is 0.771. The van der Waals surface area contributed by atoms with E-state index in [0.717, 1.165) is 22.9 Å². The first kappa shape index (κ1) is 14.3. The van der Waals surface area contributed by atoms with Crippen LogP contribution in [-0.2, 0) is 0 Å². The van der Waals surface area contributed by atoms with Crippen LogP contribution in [0.3, 0.4) is 0 Å². The van der Waals surface area contributed by atoms with Crippen molar-refractivity contribution < 1.29 is 0 Å². The van der Waals surface area contributed by atoms with Crippen LogP contribution in [0.4, 0.5) is 0 Å². The first-order valence-electron chi connectivity index (χ1n) is 9.20. The summed E-state index contributed by atoms with van der Waals surface area (Å²) >= 11 is 5.60. The van der Waals surface area contributed by atoms with Gasteiger partial charge in [-0.2, -0.15) is 0 Å². The van der Waals surface area contributed by atoms with Gasteiger partial charge in [0, 0.05) is 12.1 Å². The molecule has 0 amide bonds. The van der Waals surface area contributed by atoms with Gasteiger partial charge < -0.3 is 10.6 Å². The molecule has 3 heteroatoms. The average molecular weight is 307 g/mol. The minimum absolute atomic E-state index is 0.548. The van der Waals surface area contributed by atoms with E-state index in [1.54, 1.807) is 0 Å². The molecule has 5 aliphatic carbocycles. The van der Waals surface area contributed by atoms with E-state index in [4.69, 9.17) is 12.2 Å². The molecular weight excluding hydrogens is 276 g/mol. The van der Waals surface area contributed by atoms with Gasteiger partial charge in [0.25, 0.3) is 0 Å². The summed E-state index contributed by atoms with van der Waals surface area (Å²) in [6, 6.07) is 1.18. The Hall–Kier alpha value is -0.310. The van der Waals surface area contributed by atoms with Gasteiger partial charge in [-0.15, -0.1) is 0 Å². The molecule has 1 unspecified atom stereocenters. The van der Waals surface area contributed by atoms with Crippen molar-refractivity contribution >= 4 is 17.3 Å². The van der Waals surface area contributed by atoms with E-state index in [9.17, 15) is 0 Å². The summed E-state index contributed by atoms with van der Waals surface area (Å²) in [4.78, 5) is 0. The molecule has 0 radical (unpaired) electrons. The second kappa shape index (κ2) is 5.40. The van der Waals surface area contributed by atoms with Crippen LogP contribution in [0, 0.1) is 23.2 Å². The molecule has 2 N–H and O–H groups in total. The van der Waals surface area contributed by atoms with Crippen molar-refractivity contribution in [3.05, 3.63) is 0 Å². The first-order chi connectivity index (χ1) is 10.1. The molecule has 0 aliphatic heterocycles. The summed E-state index contributed by atoms with van der Waals surface area (Å²) < 4.78 is 0. The Labute approximate surface area is 134 Å². The SMILES string of the molecule is CC(NC(=S)NC1CCCC1)C12CC3CC(CC(C3)C1)C2. The Morgan fingerprint density at radius 1 is 1.00 bits per heavy atom. The second-order valence-corrected chi connectivity index (χ2v) is 9.01. The molecule has 118 valence electrons. The molecule has 0 spiro atoms. The summed E-state index contributed by atoms with van der Waals surface area (Å²) in [6.07, 6.45) is 14.3. The smallest absolute Gasteiger partial charge is 0.166 e. The van der Waals surface area contributed by atoms with Crippen LogP contribution in [0.1, 0.15) is 71.1 Å². The lowest BCUT2D eigenvalue weighted by Gasteiger charge is -2.59. The van der Waals surface area contributed by atoms with E-state index in [-0.39, 0.29) is 0 Å². The Morgan fingerprint density at radius 2 is 1.52 bits per heavy atom. The lowest BCUT2D eigenvalue weighted by atomic mass is 9.48. The molecule has 0 saturated heterocycles. The van der Waals surface area contributed by atoms with Gasteiger partial charge in [-0.1, -0.05) is 12.8 Å². The third-order valence-corrected chi connectivity index (χ3v) is 7.28. The Morgan fingerprint density at radius 3 is 2.05 bits per heavy atom. The van der Waals surface area contributed by atoms with Gasteiger partial charge >= 0.3 is 0 Å². The van der Waals surface area contributed by atoms with Gasteiger partial charge in [0.1, 0.15) is 0 Å². The number of nitrogens with one attached hydrogen (secondary N) is 2. The number of rotatable bonds is 3. The van der Waals surface area contributed by atoms with Crippen LogP contribution in [0.5, 0.6) is 0 Å². The zero-order valence-corrected chi connectivity index (χ0v) is 14.2. The third-order valence-electron chi connectivity index (χ3n) is 7.04. The first-order valence-corrected chi connectivity index (χ1v) is 9.61. The largest absolute Gasteiger partial charge is 0.360 e. The van der Waals surface area contributed by atoms with Crippen molar-refractivity contribution in [2.24, 2.45) is 23.2 Å². The number of thiocarbonyl (C=S) groups is 1. The maximum atomic E-state index is 5.60. The van der Waals surface area contributed by atoms with E-state index in [1.165, 1.54) is 64.2 Å². The minimum Gasteiger partial charge on any atom is -0.360 e. The fourth-order valence-electron chi connectivity index (χ4n) is 6.35. The van der Waals surface area contributed by atoms with Crippen LogP contribution < -0.4 is 10.6 Å². The maximum Gasteiger partial charge on any atom is 0.166 e. The van der Waals surface area contributed by atoms with E-state index in [1.807, 2.05) is 0 Å². The highest BCUT2D eigenvalue weighted by molar-refractivity contribution is 7.80. The molecule has 0 aromatic carbocycles. The molecule has 2 nitrogen and oxygen atoms in total. The Balaban J connectivity index is 1.38. The lowest BCUT2D eigenvalue weighted by molar-refractivity contribution is -0.0672. The van der Waals surface area contributed by atoms with Crippen molar-refractivity contribution in [3.8, 4) is 0 Å². The standard InChI is InChI=1S/C18H30N2S/c1-12(19-17(21)20-16-4-2-3-5-16)18-9-13-6-14(10-18)8-15(7-13)11-18/h12-16H,2-11H2,1H3,(H2,19,20,21). The van der Waals surface area contributed by atoms with Crippen molar-refractivity contribution in [3.63, 3.8) is 0 Å². The van der Waals surface area contributed by atoms with Gasteiger partial charge in [0.05, 0.1) is 0 Å². The van der Waals surface area contributed by atoms with Gasteiger partial charge in [-0.05, 0) is 93.7 Å². The zero-order valence-electron chi connectivity index (χ0n) is 13.4. The van der Waals surface area contributed by atoms with E-state index >= 15 is 0 Å². The highest BCUT2D eigenvalue weighted by Gasteiger charge is 2.53. The van der Waals surface area contributed by atoms with Crippen LogP contribution in [-0.4, -0.2) is 17.2 Å². The third kappa shape index (κ3) is 2.71. The van der Waals surface area contributed by atoms with Crippen LogP contribution in [0.15, 0.2) is 0 Å². The highest BCUT2D eigenvalue weighted by Crippen LogP contribution is 2.61. The number of hydrogen-bond donors (Lipinski definition) is 2. The van der Waals surface area contributed by atoms with Crippen molar-refractivity contribution in [1.29, 1.82) is 0 Å². The predicted molar refractivity (Wildman–Crippen MR) is 91.2 cm³/mol. The van der Waals surface area contributed by atoms with Gasteiger partial charge in [0.15, 0.2) is 5.11 Å². The number of hydrogen-bond acceptors (Lipinski definition) is 1. The maximum absolute atomic E-state index is 5.60. The van der Waals surface area contributed by atoms with E-state index in [0.29, 0.717) is 17.5 Å².